The average molecular weight is 294 g/mol. The van der Waals surface area contributed by atoms with Crippen LogP contribution < -0.4 is 10.5 Å². The minimum absolute atomic E-state index is 0.117. The van der Waals surface area contributed by atoms with Crippen molar-refractivity contribution < 1.29 is 19.4 Å². The number of benzene rings is 1. The van der Waals surface area contributed by atoms with E-state index >= 15 is 0 Å². The first kappa shape index (κ1) is 17.0. The third kappa shape index (κ3) is 5.07. The number of rotatable bonds is 7. The number of aryl methyl sites for hydroxylation is 1. The molecule has 0 aliphatic carbocycles. The molecule has 0 saturated carbocycles. The van der Waals surface area contributed by atoms with E-state index in [-0.39, 0.29) is 18.7 Å². The van der Waals surface area contributed by atoms with Crippen molar-refractivity contribution in [2.75, 3.05) is 14.2 Å². The maximum Gasteiger partial charge on any atom is 0.303 e. The molecule has 1 aromatic rings. The Balaban J connectivity index is 2.71. The molecular weight excluding hydrogens is 272 g/mol. The number of amides is 1. The van der Waals surface area contributed by atoms with Gasteiger partial charge in [0, 0.05) is 25.6 Å². The van der Waals surface area contributed by atoms with Crippen LogP contribution in [0, 0.1) is 6.92 Å². The van der Waals surface area contributed by atoms with Gasteiger partial charge in [0.05, 0.1) is 13.2 Å². The number of likely N-dealkylation sites (N-methyl/N-ethyl adjacent to an activating group) is 1. The highest BCUT2D eigenvalue weighted by Gasteiger charge is 2.20. The summed E-state index contributed by atoms with van der Waals surface area (Å²) in [5.41, 5.74) is 7.69. The Kier molecular flexibility index (Phi) is 6.17. The van der Waals surface area contributed by atoms with E-state index in [0.29, 0.717) is 12.3 Å². The van der Waals surface area contributed by atoms with Gasteiger partial charge in [0.1, 0.15) is 5.75 Å². The Bertz CT molecular complexity index is 516. The topological polar surface area (TPSA) is 92.9 Å². The minimum atomic E-state index is -0.957. The smallest absolute Gasteiger partial charge is 0.303 e. The van der Waals surface area contributed by atoms with Crippen LogP contribution >= 0.6 is 0 Å². The van der Waals surface area contributed by atoms with Gasteiger partial charge in [-0.15, -0.1) is 0 Å². The van der Waals surface area contributed by atoms with Crippen molar-refractivity contribution in [2.24, 2.45) is 5.73 Å². The molecule has 1 aromatic carbocycles. The Hall–Kier alpha value is -2.08. The largest absolute Gasteiger partial charge is 0.496 e. The van der Waals surface area contributed by atoms with E-state index in [1.807, 2.05) is 25.1 Å². The predicted molar refractivity (Wildman–Crippen MR) is 79.1 cm³/mol. The number of carbonyl (C=O) groups excluding carboxylic acids is 1. The number of methoxy groups -OCH3 is 1. The van der Waals surface area contributed by atoms with E-state index < -0.39 is 12.0 Å². The lowest BCUT2D eigenvalue weighted by Crippen LogP contribution is -2.41. The van der Waals surface area contributed by atoms with Gasteiger partial charge in [-0.05, 0) is 19.4 Å². The molecule has 3 N–H and O–H groups in total. The first-order valence-electron chi connectivity index (χ1n) is 6.71. The van der Waals surface area contributed by atoms with Gasteiger partial charge in [0.2, 0.25) is 5.91 Å². The van der Waals surface area contributed by atoms with Crippen molar-refractivity contribution in [3.8, 4) is 5.75 Å². The molecule has 1 atom stereocenters. The molecule has 1 unspecified atom stereocenters. The molecule has 0 aromatic heterocycles. The SMILES string of the molecule is COc1ccc(C)cc1CN(C)C(=O)C(N)CCC(=O)O. The molecule has 0 aliphatic rings. The standard InChI is InChI=1S/C15H22N2O4/c1-10-4-6-13(21-3)11(8-10)9-17(2)15(20)12(16)5-7-14(18)19/h4,6,8,12H,5,7,9,16H2,1-3H3,(H,18,19). The summed E-state index contributed by atoms with van der Waals surface area (Å²) >= 11 is 0. The van der Waals surface area contributed by atoms with Crippen molar-refractivity contribution >= 4 is 11.9 Å². The highest BCUT2D eigenvalue weighted by Crippen LogP contribution is 2.21. The van der Waals surface area contributed by atoms with Crippen molar-refractivity contribution in [1.82, 2.24) is 4.90 Å². The Morgan fingerprint density at radius 1 is 1.43 bits per heavy atom. The number of carboxylic acids is 1. The summed E-state index contributed by atoms with van der Waals surface area (Å²) in [4.78, 5) is 24.1. The fraction of sp³-hybridized carbons (Fsp3) is 0.467. The maximum absolute atomic E-state index is 12.1. The number of nitrogens with two attached hydrogens (primary N) is 1. The van der Waals surface area contributed by atoms with Crippen LogP contribution in [0.25, 0.3) is 0 Å². The Labute approximate surface area is 124 Å². The number of aliphatic carboxylic acids is 1. The van der Waals surface area contributed by atoms with Gasteiger partial charge in [0.15, 0.2) is 0 Å². The summed E-state index contributed by atoms with van der Waals surface area (Å²) in [6.07, 6.45) is 0.0119. The molecular formula is C15H22N2O4. The number of ether oxygens (including phenoxy) is 1. The van der Waals surface area contributed by atoms with E-state index in [0.717, 1.165) is 11.1 Å². The lowest BCUT2D eigenvalue weighted by Gasteiger charge is -2.22. The van der Waals surface area contributed by atoms with Crippen molar-refractivity contribution in [3.05, 3.63) is 29.3 Å². The summed E-state index contributed by atoms with van der Waals surface area (Å²) in [6.45, 7) is 2.33. The van der Waals surface area contributed by atoms with Crippen LogP contribution in [0.4, 0.5) is 0 Å². The Morgan fingerprint density at radius 2 is 2.10 bits per heavy atom. The molecule has 0 aliphatic heterocycles. The van der Waals surface area contributed by atoms with Crippen LogP contribution in [0.15, 0.2) is 18.2 Å². The molecule has 0 radical (unpaired) electrons. The molecule has 0 spiro atoms. The van der Waals surface area contributed by atoms with E-state index in [1.165, 1.54) is 4.90 Å². The van der Waals surface area contributed by atoms with Gasteiger partial charge < -0.3 is 20.5 Å². The summed E-state index contributed by atoms with van der Waals surface area (Å²) in [6, 6.07) is 4.93. The minimum Gasteiger partial charge on any atom is -0.496 e. The van der Waals surface area contributed by atoms with Crippen LogP contribution in [0.5, 0.6) is 5.75 Å². The first-order chi connectivity index (χ1) is 9.85. The molecule has 21 heavy (non-hydrogen) atoms. The van der Waals surface area contributed by atoms with Gasteiger partial charge in [-0.2, -0.15) is 0 Å². The summed E-state index contributed by atoms with van der Waals surface area (Å²) < 4.78 is 5.27. The molecule has 1 rings (SSSR count). The van der Waals surface area contributed by atoms with E-state index in [2.05, 4.69) is 0 Å². The van der Waals surface area contributed by atoms with Crippen LogP contribution in [-0.4, -0.2) is 42.1 Å². The highest BCUT2D eigenvalue weighted by molar-refractivity contribution is 5.82. The molecule has 116 valence electrons. The van der Waals surface area contributed by atoms with Crippen LogP contribution in [0.3, 0.4) is 0 Å². The van der Waals surface area contributed by atoms with E-state index in [4.69, 9.17) is 15.6 Å². The predicted octanol–water partition coefficient (Wildman–Crippen LogP) is 1.15. The lowest BCUT2D eigenvalue weighted by molar-refractivity contribution is -0.137. The molecule has 6 nitrogen and oxygen atoms in total. The molecule has 0 bridgehead atoms. The average Bonchev–Trinajstić information content (AvgIpc) is 2.44. The Morgan fingerprint density at radius 3 is 2.67 bits per heavy atom. The number of hydrogen-bond acceptors (Lipinski definition) is 4. The zero-order chi connectivity index (χ0) is 16.0. The molecule has 0 fully saturated rings. The van der Waals surface area contributed by atoms with Gasteiger partial charge in [-0.1, -0.05) is 17.7 Å². The molecule has 1 amide bonds. The maximum atomic E-state index is 12.1. The molecule has 6 heteroatoms. The molecule has 0 heterocycles. The zero-order valence-corrected chi connectivity index (χ0v) is 12.6. The fourth-order valence-corrected chi connectivity index (χ4v) is 2.05. The van der Waals surface area contributed by atoms with E-state index in [9.17, 15) is 9.59 Å². The van der Waals surface area contributed by atoms with Crippen molar-refractivity contribution in [3.63, 3.8) is 0 Å². The van der Waals surface area contributed by atoms with Gasteiger partial charge in [0.25, 0.3) is 0 Å². The first-order valence-corrected chi connectivity index (χ1v) is 6.71. The van der Waals surface area contributed by atoms with Crippen molar-refractivity contribution in [2.45, 2.75) is 32.4 Å². The van der Waals surface area contributed by atoms with Crippen LogP contribution in [0.1, 0.15) is 24.0 Å². The summed E-state index contributed by atoms with van der Waals surface area (Å²) in [7, 11) is 3.22. The third-order valence-corrected chi connectivity index (χ3v) is 3.21. The quantitative estimate of drug-likeness (QED) is 0.787. The number of nitrogens with zero attached hydrogens (tertiary/aromatic N) is 1. The van der Waals surface area contributed by atoms with E-state index in [1.54, 1.807) is 14.2 Å². The molecule has 0 saturated heterocycles. The van der Waals surface area contributed by atoms with Crippen LogP contribution in [-0.2, 0) is 16.1 Å². The summed E-state index contributed by atoms with van der Waals surface area (Å²) in [5, 5.41) is 8.62. The van der Waals surface area contributed by atoms with Crippen LogP contribution in [0.2, 0.25) is 0 Å². The fourth-order valence-electron chi connectivity index (χ4n) is 2.05. The number of hydrogen-bond donors (Lipinski definition) is 2. The van der Waals surface area contributed by atoms with Crippen molar-refractivity contribution in [1.29, 1.82) is 0 Å². The van der Waals surface area contributed by atoms with Gasteiger partial charge in [-0.25, -0.2) is 0 Å². The van der Waals surface area contributed by atoms with Gasteiger partial charge >= 0.3 is 5.97 Å². The second kappa shape index (κ2) is 7.64. The van der Waals surface area contributed by atoms with Gasteiger partial charge in [-0.3, -0.25) is 9.59 Å². The third-order valence-electron chi connectivity index (χ3n) is 3.21. The second-order valence-electron chi connectivity index (χ2n) is 5.05. The monoisotopic (exact) mass is 294 g/mol. The zero-order valence-electron chi connectivity index (χ0n) is 12.6. The normalized spacial score (nSPS) is 11.8. The number of carboxylic acid groups (broad SMARTS) is 1. The lowest BCUT2D eigenvalue weighted by atomic mass is 10.1. The number of carbonyl (C=O) groups is 2. The highest BCUT2D eigenvalue weighted by atomic mass is 16.5. The summed E-state index contributed by atoms with van der Waals surface area (Å²) in [5.74, 6) is -0.527. The second-order valence-corrected chi connectivity index (χ2v) is 5.05.